The second kappa shape index (κ2) is 5.56. The van der Waals surface area contributed by atoms with Gasteiger partial charge in [-0.25, -0.2) is 14.8 Å². The van der Waals surface area contributed by atoms with Crippen LogP contribution >= 0.6 is 0 Å². The zero-order chi connectivity index (χ0) is 13.8. The van der Waals surface area contributed by atoms with Gasteiger partial charge in [-0.05, 0) is 25.0 Å². The summed E-state index contributed by atoms with van der Waals surface area (Å²) in [5.74, 6) is -0.435. The molecule has 5 nitrogen and oxygen atoms in total. The van der Waals surface area contributed by atoms with E-state index in [0.29, 0.717) is 17.9 Å². The minimum atomic E-state index is -0.985. The zero-order valence-electron chi connectivity index (χ0n) is 10.9. The number of aromatic nitrogens is 3. The van der Waals surface area contributed by atoms with E-state index in [1.165, 1.54) is 6.20 Å². The van der Waals surface area contributed by atoms with Crippen LogP contribution in [0.15, 0.2) is 24.7 Å². The number of aryl methyl sites for hydroxylation is 2. The van der Waals surface area contributed by atoms with E-state index < -0.39 is 5.97 Å². The zero-order valence-corrected chi connectivity index (χ0v) is 10.9. The molecule has 0 bridgehead atoms. The molecule has 1 N–H and O–H groups in total. The van der Waals surface area contributed by atoms with Crippen molar-refractivity contribution in [3.8, 4) is 11.4 Å². The van der Waals surface area contributed by atoms with Crippen molar-refractivity contribution in [2.24, 2.45) is 0 Å². The second-order valence-electron chi connectivity index (χ2n) is 4.30. The summed E-state index contributed by atoms with van der Waals surface area (Å²) in [7, 11) is 0. The van der Waals surface area contributed by atoms with Crippen molar-refractivity contribution >= 4 is 5.97 Å². The fraction of sp³-hybridized carbons (Fsp3) is 0.286. The number of hydrogen-bond donors (Lipinski definition) is 1. The van der Waals surface area contributed by atoms with Crippen molar-refractivity contribution in [1.82, 2.24) is 15.0 Å². The molecule has 0 unspecified atom stereocenters. The monoisotopic (exact) mass is 257 g/mol. The lowest BCUT2D eigenvalue weighted by Crippen LogP contribution is -2.07. The molecule has 19 heavy (non-hydrogen) atoms. The van der Waals surface area contributed by atoms with Gasteiger partial charge in [-0.2, -0.15) is 0 Å². The van der Waals surface area contributed by atoms with E-state index in [1.54, 1.807) is 12.4 Å². The molecule has 0 amide bonds. The minimum Gasteiger partial charge on any atom is -0.478 e. The summed E-state index contributed by atoms with van der Waals surface area (Å²) >= 11 is 0. The quantitative estimate of drug-likeness (QED) is 0.910. The smallest absolute Gasteiger partial charge is 0.339 e. The Hall–Kier alpha value is -2.30. The Kier molecular flexibility index (Phi) is 3.85. The molecule has 2 aromatic heterocycles. The molecular formula is C14H15N3O2. The highest BCUT2D eigenvalue weighted by Gasteiger charge is 2.14. The fourth-order valence-corrected chi connectivity index (χ4v) is 1.88. The van der Waals surface area contributed by atoms with Crippen LogP contribution in [0, 0.1) is 6.92 Å². The van der Waals surface area contributed by atoms with Gasteiger partial charge in [0.2, 0.25) is 0 Å². The van der Waals surface area contributed by atoms with Crippen molar-refractivity contribution in [1.29, 1.82) is 0 Å². The summed E-state index contributed by atoms with van der Waals surface area (Å²) in [6, 6.07) is 1.83. The predicted molar refractivity (Wildman–Crippen MR) is 71.0 cm³/mol. The van der Waals surface area contributed by atoms with Crippen LogP contribution in [-0.2, 0) is 6.42 Å². The molecule has 0 aromatic carbocycles. The molecule has 2 heterocycles. The summed E-state index contributed by atoms with van der Waals surface area (Å²) in [6.45, 7) is 3.92. The summed E-state index contributed by atoms with van der Waals surface area (Å²) < 4.78 is 0. The summed E-state index contributed by atoms with van der Waals surface area (Å²) in [4.78, 5) is 23.7. The lowest BCUT2D eigenvalue weighted by Gasteiger charge is -2.08. The van der Waals surface area contributed by atoms with E-state index in [0.717, 1.165) is 17.5 Å². The van der Waals surface area contributed by atoms with E-state index in [-0.39, 0.29) is 5.56 Å². The maximum atomic E-state index is 11.1. The lowest BCUT2D eigenvalue weighted by molar-refractivity contribution is 0.0694. The SMILES string of the molecule is CCCc1nc(-c2ccncc2C)ncc1C(=O)O. The summed E-state index contributed by atoms with van der Waals surface area (Å²) in [6.07, 6.45) is 6.27. The normalized spacial score (nSPS) is 10.4. The Morgan fingerprint density at radius 3 is 2.79 bits per heavy atom. The molecule has 2 aromatic rings. The molecule has 0 aliphatic heterocycles. The van der Waals surface area contributed by atoms with Crippen molar-refractivity contribution in [2.45, 2.75) is 26.7 Å². The molecule has 0 radical (unpaired) electrons. The first-order valence-corrected chi connectivity index (χ1v) is 6.13. The van der Waals surface area contributed by atoms with Gasteiger partial charge >= 0.3 is 5.97 Å². The topological polar surface area (TPSA) is 76.0 Å². The molecule has 5 heteroatoms. The Bertz CT molecular complexity index is 611. The van der Waals surface area contributed by atoms with Crippen LogP contribution in [0.1, 0.15) is 35.0 Å². The molecule has 0 atom stereocenters. The lowest BCUT2D eigenvalue weighted by atomic mass is 10.1. The van der Waals surface area contributed by atoms with Crippen LogP contribution < -0.4 is 0 Å². The van der Waals surface area contributed by atoms with Crippen molar-refractivity contribution in [3.63, 3.8) is 0 Å². The van der Waals surface area contributed by atoms with Gasteiger partial charge in [-0.1, -0.05) is 13.3 Å². The van der Waals surface area contributed by atoms with Gasteiger partial charge in [-0.15, -0.1) is 0 Å². The van der Waals surface area contributed by atoms with Crippen LogP contribution in [-0.4, -0.2) is 26.0 Å². The molecule has 0 spiro atoms. The Labute approximate surface area is 111 Å². The summed E-state index contributed by atoms with van der Waals surface area (Å²) in [5.41, 5.74) is 2.60. The largest absolute Gasteiger partial charge is 0.478 e. The number of hydrogen-bond acceptors (Lipinski definition) is 4. The standard InChI is InChI=1S/C14H15N3O2/c1-3-4-12-11(14(18)19)8-16-13(17-12)10-5-6-15-7-9(10)2/h5-8H,3-4H2,1-2H3,(H,18,19). The van der Waals surface area contributed by atoms with Gasteiger partial charge in [0.15, 0.2) is 5.82 Å². The minimum absolute atomic E-state index is 0.178. The Balaban J connectivity index is 2.52. The third-order valence-electron chi connectivity index (χ3n) is 2.85. The predicted octanol–water partition coefficient (Wildman–Crippen LogP) is 2.50. The van der Waals surface area contributed by atoms with E-state index in [4.69, 9.17) is 5.11 Å². The van der Waals surface area contributed by atoms with Gasteiger partial charge < -0.3 is 5.11 Å². The molecule has 0 aliphatic carbocycles. The maximum Gasteiger partial charge on any atom is 0.339 e. The van der Waals surface area contributed by atoms with Crippen LogP contribution in [0.25, 0.3) is 11.4 Å². The van der Waals surface area contributed by atoms with Gasteiger partial charge in [0.1, 0.15) is 0 Å². The van der Waals surface area contributed by atoms with Gasteiger partial charge in [0.25, 0.3) is 0 Å². The van der Waals surface area contributed by atoms with Crippen molar-refractivity contribution in [2.75, 3.05) is 0 Å². The van der Waals surface area contributed by atoms with E-state index in [2.05, 4.69) is 15.0 Å². The first kappa shape index (κ1) is 13.1. The average Bonchev–Trinajstić information content (AvgIpc) is 2.39. The third-order valence-corrected chi connectivity index (χ3v) is 2.85. The number of rotatable bonds is 4. The molecule has 0 saturated heterocycles. The number of pyridine rings is 1. The number of nitrogens with zero attached hydrogens (tertiary/aromatic N) is 3. The highest BCUT2D eigenvalue weighted by atomic mass is 16.4. The number of aromatic carboxylic acids is 1. The van der Waals surface area contributed by atoms with Crippen molar-refractivity contribution < 1.29 is 9.90 Å². The first-order valence-electron chi connectivity index (χ1n) is 6.13. The van der Waals surface area contributed by atoms with Gasteiger partial charge in [0.05, 0.1) is 11.3 Å². The highest BCUT2D eigenvalue weighted by molar-refractivity contribution is 5.88. The number of carbonyl (C=O) groups is 1. The van der Waals surface area contributed by atoms with Crippen LogP contribution in [0.5, 0.6) is 0 Å². The molecular weight excluding hydrogens is 242 g/mol. The molecule has 0 fully saturated rings. The van der Waals surface area contributed by atoms with E-state index in [1.807, 2.05) is 19.9 Å². The first-order chi connectivity index (χ1) is 9.13. The molecule has 0 aliphatic rings. The van der Waals surface area contributed by atoms with Crippen LogP contribution in [0.2, 0.25) is 0 Å². The second-order valence-corrected chi connectivity index (χ2v) is 4.30. The molecule has 0 saturated carbocycles. The Morgan fingerprint density at radius 2 is 2.16 bits per heavy atom. The Morgan fingerprint density at radius 1 is 1.37 bits per heavy atom. The highest BCUT2D eigenvalue weighted by Crippen LogP contribution is 2.20. The molecule has 98 valence electrons. The van der Waals surface area contributed by atoms with Gasteiger partial charge in [-0.3, -0.25) is 4.98 Å². The molecule has 2 rings (SSSR count). The van der Waals surface area contributed by atoms with Gasteiger partial charge in [0, 0.05) is 24.2 Å². The average molecular weight is 257 g/mol. The maximum absolute atomic E-state index is 11.1. The fourth-order valence-electron chi connectivity index (χ4n) is 1.88. The summed E-state index contributed by atoms with van der Waals surface area (Å²) in [5, 5.41) is 9.12. The third kappa shape index (κ3) is 2.76. The van der Waals surface area contributed by atoms with Crippen molar-refractivity contribution in [3.05, 3.63) is 41.5 Å². The van der Waals surface area contributed by atoms with Crippen LogP contribution in [0.3, 0.4) is 0 Å². The van der Waals surface area contributed by atoms with E-state index in [9.17, 15) is 4.79 Å². The van der Waals surface area contributed by atoms with E-state index >= 15 is 0 Å². The van der Waals surface area contributed by atoms with Crippen LogP contribution in [0.4, 0.5) is 0 Å². The number of carboxylic acid groups (broad SMARTS) is 1. The number of carboxylic acids is 1.